The van der Waals surface area contributed by atoms with Gasteiger partial charge in [0, 0.05) is 16.7 Å². The summed E-state index contributed by atoms with van der Waals surface area (Å²) in [5.41, 5.74) is -1.12. The highest BCUT2D eigenvalue weighted by Gasteiger charge is 2.31. The predicted octanol–water partition coefficient (Wildman–Crippen LogP) is 3.82. The number of pyridine rings is 1. The van der Waals surface area contributed by atoms with E-state index in [1.54, 1.807) is 0 Å². The van der Waals surface area contributed by atoms with E-state index in [4.69, 9.17) is 0 Å². The molecule has 0 saturated heterocycles. The van der Waals surface area contributed by atoms with E-state index in [1.165, 1.54) is 12.1 Å². The van der Waals surface area contributed by atoms with Crippen LogP contribution in [0.1, 0.15) is 11.1 Å². The Labute approximate surface area is 119 Å². The van der Waals surface area contributed by atoms with Crippen LogP contribution in [0.2, 0.25) is 0 Å². The Hall–Kier alpha value is -1.63. The lowest BCUT2D eigenvalue weighted by molar-refractivity contribution is -0.138. The second kappa shape index (κ2) is 5.40. The van der Waals surface area contributed by atoms with Crippen molar-refractivity contribution in [3.05, 3.63) is 68.3 Å². The van der Waals surface area contributed by atoms with Crippen LogP contribution in [0.25, 0.3) is 0 Å². The van der Waals surface area contributed by atoms with Crippen molar-refractivity contribution in [2.24, 2.45) is 0 Å². The molecule has 0 saturated carbocycles. The Balaban J connectivity index is 2.40. The molecule has 0 amide bonds. The highest BCUT2D eigenvalue weighted by atomic mass is 79.9. The number of rotatable bonds is 2. The van der Waals surface area contributed by atoms with Gasteiger partial charge in [0.1, 0.15) is 5.82 Å². The van der Waals surface area contributed by atoms with E-state index in [0.717, 1.165) is 29.0 Å². The summed E-state index contributed by atoms with van der Waals surface area (Å²) in [5, 5.41) is 0. The third-order valence-corrected chi connectivity index (χ3v) is 3.04. The number of alkyl halides is 3. The molecule has 1 heterocycles. The fourth-order valence-electron chi connectivity index (χ4n) is 1.72. The van der Waals surface area contributed by atoms with Crippen molar-refractivity contribution in [1.29, 1.82) is 0 Å². The van der Waals surface area contributed by atoms with Crippen molar-refractivity contribution in [2.75, 3.05) is 0 Å². The monoisotopic (exact) mass is 349 g/mol. The zero-order valence-electron chi connectivity index (χ0n) is 9.92. The lowest BCUT2D eigenvalue weighted by Gasteiger charge is -2.11. The molecule has 0 unspecified atom stereocenters. The number of hydrogen-bond donors (Lipinski definition) is 0. The first-order chi connectivity index (χ1) is 9.25. The van der Waals surface area contributed by atoms with E-state index in [-0.39, 0.29) is 6.54 Å². The van der Waals surface area contributed by atoms with E-state index >= 15 is 0 Å². The van der Waals surface area contributed by atoms with Crippen LogP contribution in [0.15, 0.2) is 45.8 Å². The molecule has 0 aliphatic rings. The van der Waals surface area contributed by atoms with Crippen molar-refractivity contribution in [3.8, 4) is 0 Å². The van der Waals surface area contributed by atoms with Crippen LogP contribution in [0, 0.1) is 5.82 Å². The van der Waals surface area contributed by atoms with Crippen LogP contribution in [0.5, 0.6) is 0 Å². The average molecular weight is 350 g/mol. The quantitative estimate of drug-likeness (QED) is 0.755. The maximum Gasteiger partial charge on any atom is 0.417 e. The molecule has 2 nitrogen and oxygen atoms in total. The van der Waals surface area contributed by atoms with E-state index in [1.807, 2.05) is 0 Å². The van der Waals surface area contributed by atoms with Gasteiger partial charge in [-0.1, -0.05) is 15.9 Å². The van der Waals surface area contributed by atoms with Gasteiger partial charge < -0.3 is 4.57 Å². The molecule has 0 spiro atoms. The molecule has 1 aromatic heterocycles. The third-order valence-electron chi connectivity index (χ3n) is 2.59. The molecule has 0 N–H and O–H groups in total. The van der Waals surface area contributed by atoms with Crippen molar-refractivity contribution in [1.82, 2.24) is 4.57 Å². The van der Waals surface area contributed by atoms with Gasteiger partial charge in [0.25, 0.3) is 5.56 Å². The number of benzene rings is 1. The lowest BCUT2D eigenvalue weighted by atomic mass is 10.2. The van der Waals surface area contributed by atoms with Crippen molar-refractivity contribution in [3.63, 3.8) is 0 Å². The molecular weight excluding hydrogens is 342 g/mol. The van der Waals surface area contributed by atoms with Gasteiger partial charge in [0.15, 0.2) is 0 Å². The molecule has 0 aliphatic heterocycles. The molecule has 0 fully saturated rings. The topological polar surface area (TPSA) is 22.0 Å². The molecule has 0 atom stereocenters. The Bertz CT molecular complexity index is 673. The largest absolute Gasteiger partial charge is 0.417 e. The summed E-state index contributed by atoms with van der Waals surface area (Å²) in [6, 6.07) is 5.49. The molecule has 20 heavy (non-hydrogen) atoms. The molecule has 2 aromatic rings. The summed E-state index contributed by atoms with van der Waals surface area (Å²) in [5.74, 6) is -0.533. The van der Waals surface area contributed by atoms with Crippen LogP contribution >= 0.6 is 15.9 Å². The van der Waals surface area contributed by atoms with Crippen LogP contribution in [-0.4, -0.2) is 4.57 Å². The molecular formula is C13H8BrF4NO. The number of nitrogens with zero attached hydrogens (tertiary/aromatic N) is 1. The summed E-state index contributed by atoms with van der Waals surface area (Å²) in [6.45, 7) is -0.140. The summed E-state index contributed by atoms with van der Waals surface area (Å²) in [6.07, 6.45) is -3.81. The second-order valence-corrected chi connectivity index (χ2v) is 5.08. The average Bonchev–Trinajstić information content (AvgIpc) is 2.29. The van der Waals surface area contributed by atoms with Gasteiger partial charge in [-0.3, -0.25) is 4.79 Å². The van der Waals surface area contributed by atoms with Crippen LogP contribution in [0.4, 0.5) is 17.6 Å². The van der Waals surface area contributed by atoms with E-state index in [9.17, 15) is 22.4 Å². The zero-order chi connectivity index (χ0) is 14.9. The van der Waals surface area contributed by atoms with Crippen LogP contribution in [-0.2, 0) is 12.7 Å². The fraction of sp³-hybridized carbons (Fsp3) is 0.154. The molecule has 0 aliphatic carbocycles. The molecule has 2 rings (SSSR count). The molecule has 1 aromatic carbocycles. The van der Waals surface area contributed by atoms with Gasteiger partial charge in [-0.2, -0.15) is 13.2 Å². The van der Waals surface area contributed by atoms with Crippen molar-refractivity contribution < 1.29 is 17.6 Å². The van der Waals surface area contributed by atoms with E-state index in [0.29, 0.717) is 10.0 Å². The number of halogens is 5. The predicted molar refractivity (Wildman–Crippen MR) is 68.9 cm³/mol. The standard InChI is InChI=1S/C13H8BrF4NO/c14-10-3-8(4-11(15)5-10)6-19-7-9(13(16,17)18)1-2-12(19)20/h1-5,7H,6H2. The van der Waals surface area contributed by atoms with Gasteiger partial charge in [-0.05, 0) is 29.8 Å². The van der Waals surface area contributed by atoms with Gasteiger partial charge in [0.05, 0.1) is 12.1 Å². The maximum absolute atomic E-state index is 13.2. The van der Waals surface area contributed by atoms with Crippen molar-refractivity contribution >= 4 is 15.9 Å². The molecule has 106 valence electrons. The van der Waals surface area contributed by atoms with Crippen molar-refractivity contribution in [2.45, 2.75) is 12.7 Å². The van der Waals surface area contributed by atoms with Gasteiger partial charge in [-0.25, -0.2) is 4.39 Å². The smallest absolute Gasteiger partial charge is 0.311 e. The first-order valence-electron chi connectivity index (χ1n) is 5.48. The minimum atomic E-state index is -4.53. The van der Waals surface area contributed by atoms with Gasteiger partial charge in [0.2, 0.25) is 0 Å². The highest BCUT2D eigenvalue weighted by Crippen LogP contribution is 2.28. The number of hydrogen-bond acceptors (Lipinski definition) is 1. The Morgan fingerprint density at radius 2 is 1.85 bits per heavy atom. The third kappa shape index (κ3) is 3.47. The minimum Gasteiger partial charge on any atom is -0.311 e. The Kier molecular flexibility index (Phi) is 3.99. The summed E-state index contributed by atoms with van der Waals surface area (Å²) in [4.78, 5) is 11.6. The second-order valence-electron chi connectivity index (χ2n) is 4.16. The van der Waals surface area contributed by atoms with Gasteiger partial charge in [-0.15, -0.1) is 0 Å². The fourth-order valence-corrected chi connectivity index (χ4v) is 2.23. The summed E-state index contributed by atoms with van der Waals surface area (Å²) < 4.78 is 52.3. The SMILES string of the molecule is O=c1ccc(C(F)(F)F)cn1Cc1cc(F)cc(Br)c1. The Morgan fingerprint density at radius 3 is 2.45 bits per heavy atom. The highest BCUT2D eigenvalue weighted by molar-refractivity contribution is 9.10. The summed E-state index contributed by atoms with van der Waals surface area (Å²) >= 11 is 3.08. The Morgan fingerprint density at radius 1 is 1.15 bits per heavy atom. The van der Waals surface area contributed by atoms with Crippen LogP contribution in [0.3, 0.4) is 0 Å². The minimum absolute atomic E-state index is 0.140. The maximum atomic E-state index is 13.2. The summed E-state index contributed by atoms with van der Waals surface area (Å²) in [7, 11) is 0. The zero-order valence-corrected chi connectivity index (χ0v) is 11.5. The first kappa shape index (κ1) is 14.8. The molecule has 7 heteroatoms. The lowest BCUT2D eigenvalue weighted by Crippen LogP contribution is -2.22. The first-order valence-corrected chi connectivity index (χ1v) is 6.28. The van der Waals surface area contributed by atoms with Gasteiger partial charge >= 0.3 is 6.18 Å². The normalized spacial score (nSPS) is 11.7. The van der Waals surface area contributed by atoms with Crippen LogP contribution < -0.4 is 5.56 Å². The number of aromatic nitrogens is 1. The molecule has 0 radical (unpaired) electrons. The van der Waals surface area contributed by atoms with E-state index in [2.05, 4.69) is 15.9 Å². The van der Waals surface area contributed by atoms with E-state index < -0.39 is 23.1 Å². The molecule has 0 bridgehead atoms.